The minimum absolute atomic E-state index is 0.133. The third-order valence-corrected chi connectivity index (χ3v) is 5.02. The third kappa shape index (κ3) is 4.19. The van der Waals surface area contributed by atoms with Crippen molar-refractivity contribution in [3.8, 4) is 17.1 Å². The highest BCUT2D eigenvalue weighted by Crippen LogP contribution is 2.24. The number of benzene rings is 1. The number of carbonyl (C=O) groups is 1. The number of rotatable bonds is 5. The van der Waals surface area contributed by atoms with Crippen LogP contribution in [0.25, 0.3) is 11.4 Å². The zero-order chi connectivity index (χ0) is 20.9. The highest BCUT2D eigenvalue weighted by atomic mass is 16.5. The monoisotopic (exact) mass is 408 g/mol. The molecule has 30 heavy (non-hydrogen) atoms. The van der Waals surface area contributed by atoms with Crippen molar-refractivity contribution in [3.63, 3.8) is 0 Å². The minimum atomic E-state index is -0.133. The Hall–Kier alpha value is -3.62. The van der Waals surface area contributed by atoms with Gasteiger partial charge in [0.25, 0.3) is 0 Å². The van der Waals surface area contributed by atoms with Gasteiger partial charge in [0.05, 0.1) is 12.8 Å². The zero-order valence-corrected chi connectivity index (χ0v) is 17.0. The average molecular weight is 408 g/mol. The maximum absolute atomic E-state index is 12.6. The summed E-state index contributed by atoms with van der Waals surface area (Å²) in [5, 5.41) is 6.90. The number of nitrogens with zero attached hydrogens (tertiary/aromatic N) is 5. The van der Waals surface area contributed by atoms with E-state index in [1.165, 1.54) is 0 Å². The number of hydrogen-bond acceptors (Lipinski definition) is 7. The van der Waals surface area contributed by atoms with Crippen LogP contribution in [-0.2, 0) is 6.42 Å². The predicted molar refractivity (Wildman–Crippen MR) is 113 cm³/mol. The molecule has 1 saturated heterocycles. The summed E-state index contributed by atoms with van der Waals surface area (Å²) < 4.78 is 10.4. The molecule has 1 N–H and O–H groups in total. The van der Waals surface area contributed by atoms with Crippen molar-refractivity contribution in [3.05, 3.63) is 48.5 Å². The van der Waals surface area contributed by atoms with Crippen molar-refractivity contribution >= 4 is 17.5 Å². The smallest absolute Gasteiger partial charge is 0.322 e. The Morgan fingerprint density at radius 2 is 1.97 bits per heavy atom. The van der Waals surface area contributed by atoms with Crippen molar-refractivity contribution in [1.82, 2.24) is 20.0 Å². The van der Waals surface area contributed by atoms with E-state index in [0.717, 1.165) is 11.4 Å². The lowest BCUT2D eigenvalue weighted by molar-refractivity contribution is 0.208. The predicted octanol–water partition coefficient (Wildman–Crippen LogP) is 3.06. The first-order chi connectivity index (χ1) is 14.7. The topological polar surface area (TPSA) is 96.6 Å². The molecule has 1 fully saturated rings. The highest BCUT2D eigenvalue weighted by Gasteiger charge is 2.22. The number of aryl methyl sites for hydroxylation is 1. The number of carbonyl (C=O) groups excluding carboxylic acids is 1. The lowest BCUT2D eigenvalue weighted by Crippen LogP contribution is -2.50. The van der Waals surface area contributed by atoms with E-state index in [1.807, 2.05) is 43.3 Å². The lowest BCUT2D eigenvalue weighted by atomic mass is 10.2. The van der Waals surface area contributed by atoms with Gasteiger partial charge < -0.3 is 24.4 Å². The van der Waals surface area contributed by atoms with Gasteiger partial charge in [-0.1, -0.05) is 24.2 Å². The van der Waals surface area contributed by atoms with E-state index in [-0.39, 0.29) is 6.03 Å². The fraction of sp³-hybridized carbons (Fsp3) is 0.333. The third-order valence-electron chi connectivity index (χ3n) is 5.02. The molecule has 3 heterocycles. The second kappa shape index (κ2) is 8.81. The van der Waals surface area contributed by atoms with Gasteiger partial charge in [-0.3, -0.25) is 0 Å². The second-order valence-corrected chi connectivity index (χ2v) is 6.87. The van der Waals surface area contributed by atoms with Crippen LogP contribution in [0.15, 0.2) is 47.1 Å². The van der Waals surface area contributed by atoms with Crippen molar-refractivity contribution in [2.75, 3.05) is 43.5 Å². The molecule has 156 valence electrons. The van der Waals surface area contributed by atoms with E-state index in [2.05, 4.69) is 25.3 Å². The Labute approximate surface area is 174 Å². The van der Waals surface area contributed by atoms with E-state index in [0.29, 0.717) is 55.8 Å². The first-order valence-electron chi connectivity index (χ1n) is 9.91. The van der Waals surface area contributed by atoms with Gasteiger partial charge in [0.1, 0.15) is 11.6 Å². The summed E-state index contributed by atoms with van der Waals surface area (Å²) in [6.45, 7) is 4.58. The number of para-hydroxylation sites is 2. The normalized spacial score (nSPS) is 13.9. The maximum Gasteiger partial charge on any atom is 0.322 e. The summed E-state index contributed by atoms with van der Waals surface area (Å²) in [5.41, 5.74) is 1.48. The number of ether oxygens (including phenoxy) is 1. The quantitative estimate of drug-likeness (QED) is 0.693. The van der Waals surface area contributed by atoms with Gasteiger partial charge in [-0.25, -0.2) is 9.78 Å². The Morgan fingerprint density at radius 3 is 2.63 bits per heavy atom. The van der Waals surface area contributed by atoms with Gasteiger partial charge in [0.15, 0.2) is 0 Å². The standard InChI is InChI=1S/C21H24N6O3/c1-3-19-24-20(25-30-19)15-8-9-18(22-14-15)26-10-12-27(13-11-26)21(28)23-16-6-4-5-7-17(16)29-2/h4-9,14H,3,10-13H2,1-2H3,(H,23,28). The van der Waals surface area contributed by atoms with E-state index in [9.17, 15) is 4.79 Å². The van der Waals surface area contributed by atoms with Crippen molar-refractivity contribution in [1.29, 1.82) is 0 Å². The van der Waals surface area contributed by atoms with Crippen LogP contribution in [0, 0.1) is 0 Å². The Bertz CT molecular complexity index is 996. The SMILES string of the molecule is CCc1nc(-c2ccc(N3CCN(C(=O)Nc4ccccc4OC)CC3)nc2)no1. The molecule has 0 aliphatic carbocycles. The molecular formula is C21H24N6O3. The van der Waals surface area contributed by atoms with E-state index < -0.39 is 0 Å². The fourth-order valence-corrected chi connectivity index (χ4v) is 3.30. The average Bonchev–Trinajstić information content (AvgIpc) is 3.29. The van der Waals surface area contributed by atoms with Gasteiger partial charge in [0.2, 0.25) is 11.7 Å². The minimum Gasteiger partial charge on any atom is -0.495 e. The number of amides is 2. The van der Waals surface area contributed by atoms with Crippen LogP contribution in [0.3, 0.4) is 0 Å². The Balaban J connectivity index is 1.34. The summed E-state index contributed by atoms with van der Waals surface area (Å²) in [7, 11) is 1.59. The first kappa shape index (κ1) is 19.7. The van der Waals surface area contributed by atoms with Crippen LogP contribution in [0.2, 0.25) is 0 Å². The van der Waals surface area contributed by atoms with Crippen molar-refractivity contribution < 1.29 is 14.1 Å². The molecule has 1 aliphatic rings. The fourth-order valence-electron chi connectivity index (χ4n) is 3.30. The number of methoxy groups -OCH3 is 1. The molecule has 0 spiro atoms. The molecule has 0 atom stereocenters. The summed E-state index contributed by atoms with van der Waals surface area (Å²) in [6, 6.07) is 11.1. The molecule has 9 nitrogen and oxygen atoms in total. The first-order valence-corrected chi connectivity index (χ1v) is 9.91. The summed E-state index contributed by atoms with van der Waals surface area (Å²) in [6.07, 6.45) is 2.45. The Kier molecular flexibility index (Phi) is 5.78. The van der Waals surface area contributed by atoms with Gasteiger partial charge >= 0.3 is 6.03 Å². The van der Waals surface area contributed by atoms with Gasteiger partial charge in [0, 0.05) is 44.4 Å². The van der Waals surface area contributed by atoms with Crippen LogP contribution in [-0.4, -0.2) is 59.3 Å². The molecule has 1 aromatic carbocycles. The van der Waals surface area contributed by atoms with Crippen LogP contribution in [0.1, 0.15) is 12.8 Å². The highest BCUT2D eigenvalue weighted by molar-refractivity contribution is 5.91. The summed E-state index contributed by atoms with van der Waals surface area (Å²) >= 11 is 0. The van der Waals surface area contributed by atoms with Gasteiger partial charge in [-0.2, -0.15) is 4.98 Å². The van der Waals surface area contributed by atoms with E-state index in [1.54, 1.807) is 18.2 Å². The largest absolute Gasteiger partial charge is 0.495 e. The molecule has 4 rings (SSSR count). The van der Waals surface area contributed by atoms with Crippen LogP contribution >= 0.6 is 0 Å². The number of urea groups is 1. The molecule has 0 bridgehead atoms. The second-order valence-electron chi connectivity index (χ2n) is 6.87. The molecule has 9 heteroatoms. The summed E-state index contributed by atoms with van der Waals surface area (Å²) in [4.78, 5) is 25.4. The molecular weight excluding hydrogens is 384 g/mol. The van der Waals surface area contributed by atoms with Gasteiger partial charge in [-0.15, -0.1) is 0 Å². The molecule has 3 aromatic rings. The molecule has 2 aromatic heterocycles. The number of pyridine rings is 1. The van der Waals surface area contributed by atoms with Crippen molar-refractivity contribution in [2.45, 2.75) is 13.3 Å². The van der Waals surface area contributed by atoms with Crippen LogP contribution in [0.5, 0.6) is 5.75 Å². The molecule has 2 amide bonds. The number of anilines is 2. The zero-order valence-electron chi connectivity index (χ0n) is 17.0. The molecule has 0 unspecified atom stereocenters. The van der Waals surface area contributed by atoms with Crippen molar-refractivity contribution in [2.24, 2.45) is 0 Å². The number of aromatic nitrogens is 3. The van der Waals surface area contributed by atoms with E-state index >= 15 is 0 Å². The lowest BCUT2D eigenvalue weighted by Gasteiger charge is -2.35. The molecule has 1 aliphatic heterocycles. The number of nitrogens with one attached hydrogen (secondary N) is 1. The number of piperazine rings is 1. The number of hydrogen-bond donors (Lipinski definition) is 1. The summed E-state index contributed by atoms with van der Waals surface area (Å²) in [5.74, 6) is 2.66. The maximum atomic E-state index is 12.6. The Morgan fingerprint density at radius 1 is 1.17 bits per heavy atom. The van der Waals surface area contributed by atoms with E-state index in [4.69, 9.17) is 9.26 Å². The molecule has 0 radical (unpaired) electrons. The van der Waals surface area contributed by atoms with Crippen LogP contribution in [0.4, 0.5) is 16.3 Å². The van der Waals surface area contributed by atoms with Crippen LogP contribution < -0.4 is 15.0 Å². The van der Waals surface area contributed by atoms with Gasteiger partial charge in [-0.05, 0) is 24.3 Å². The molecule has 0 saturated carbocycles.